The molecule has 2 fully saturated rings. The van der Waals surface area contributed by atoms with Crippen LogP contribution in [0, 0.1) is 5.92 Å². The molecule has 3 amide bonds. The maximum Gasteiger partial charge on any atom is 0.243 e. The van der Waals surface area contributed by atoms with Gasteiger partial charge in [-0.2, -0.15) is 16.5 Å². The van der Waals surface area contributed by atoms with E-state index in [1.807, 2.05) is 49.2 Å². The molecule has 4 rings (SSSR count). The van der Waals surface area contributed by atoms with Crippen LogP contribution in [0.2, 0.25) is 0 Å². The fourth-order valence-electron chi connectivity index (χ4n) is 6.35. The lowest BCUT2D eigenvalue weighted by Gasteiger charge is -2.36. The van der Waals surface area contributed by atoms with Gasteiger partial charge in [-0.05, 0) is 61.8 Å². The number of Topliss-reactive ketones (excluding diaryl/α,β-unsaturated/α-hetero) is 1. The van der Waals surface area contributed by atoms with Crippen LogP contribution >= 0.6 is 11.8 Å². The highest BCUT2D eigenvalue weighted by molar-refractivity contribution is 7.98. The fourth-order valence-corrected chi connectivity index (χ4v) is 6.84. The van der Waals surface area contributed by atoms with Gasteiger partial charge in [0.15, 0.2) is 5.78 Å². The molecule has 1 aromatic carbocycles. The third-order valence-electron chi connectivity index (χ3n) is 9.12. The van der Waals surface area contributed by atoms with Gasteiger partial charge in [0.05, 0.1) is 24.1 Å². The summed E-state index contributed by atoms with van der Waals surface area (Å²) in [6, 6.07) is 4.77. The number of rotatable bonds is 11. The largest absolute Gasteiger partial charge is 0.417 e. The number of hydrogen-bond donors (Lipinski definition) is 3. The van der Waals surface area contributed by atoms with Crippen molar-refractivity contribution in [2.45, 2.75) is 95.8 Å². The highest BCUT2D eigenvalue weighted by Crippen LogP contribution is 2.23. The number of nitrogens with zero attached hydrogens (tertiary/aromatic N) is 2. The maximum absolute atomic E-state index is 14.0. The number of amides is 3. The molecular formula is C33H49N5O5S. The summed E-state index contributed by atoms with van der Waals surface area (Å²) >= 11 is 1.79. The van der Waals surface area contributed by atoms with Gasteiger partial charge in [-0.3, -0.25) is 24.1 Å². The predicted octanol–water partition coefficient (Wildman–Crippen LogP) is 3.10. The molecule has 0 saturated carbocycles. The zero-order valence-corrected chi connectivity index (χ0v) is 27.4. The van der Waals surface area contributed by atoms with E-state index in [4.69, 9.17) is 4.84 Å². The first-order chi connectivity index (χ1) is 21.3. The van der Waals surface area contributed by atoms with Crippen molar-refractivity contribution < 1.29 is 24.0 Å². The average Bonchev–Trinajstić information content (AvgIpc) is 3.39. The lowest BCUT2D eigenvalue weighted by atomic mass is 9.93. The molecule has 44 heavy (non-hydrogen) atoms. The van der Waals surface area contributed by atoms with Gasteiger partial charge in [0.2, 0.25) is 17.7 Å². The molecule has 3 heterocycles. The number of nitrogens with one attached hydrogen (secondary N) is 3. The number of aromatic nitrogens is 1. The SMILES string of the molecule is CC[C@H](C)[C@@H]1NC(=O)[C@H](Cc2cn(OC)c3ccccc23)NC(=O)[C@H](CCCCCSC)NC(=O)[C@H]2CCCCN2CC1=O. The van der Waals surface area contributed by atoms with Crippen molar-refractivity contribution in [2.75, 3.05) is 32.2 Å². The van der Waals surface area contributed by atoms with Gasteiger partial charge >= 0.3 is 0 Å². The van der Waals surface area contributed by atoms with Crippen molar-refractivity contribution >= 4 is 46.2 Å². The number of piperidine rings is 1. The van der Waals surface area contributed by atoms with E-state index >= 15 is 0 Å². The van der Waals surface area contributed by atoms with Gasteiger partial charge in [-0.25, -0.2) is 0 Å². The van der Waals surface area contributed by atoms with Crippen LogP contribution in [0.4, 0.5) is 0 Å². The first-order valence-electron chi connectivity index (χ1n) is 16.1. The second-order valence-electron chi connectivity index (χ2n) is 12.2. The van der Waals surface area contributed by atoms with Gasteiger partial charge in [0.1, 0.15) is 19.2 Å². The van der Waals surface area contributed by atoms with Crippen LogP contribution < -0.4 is 20.8 Å². The molecule has 1 aromatic heterocycles. The standard InChI is InChI=1S/C33H49N5O5S/c1-5-22(2)30-29(39)21-37-17-11-10-16-28(37)33(42)34-25(14-7-6-12-18-44-4)31(40)35-26(32(41)36-30)19-23-20-38(43-3)27-15-9-8-13-24(23)27/h8-9,13,15,20,22,25-26,28,30H,5-7,10-12,14,16-19,21H2,1-4H3,(H,34,42)(H,35,40)(H,36,41)/t22-,25-,26-,28+,30-/m0/s1. The van der Waals surface area contributed by atoms with Crippen molar-refractivity contribution in [3.8, 4) is 0 Å². The molecule has 11 heteroatoms. The molecule has 5 atom stereocenters. The Kier molecular flexibility index (Phi) is 12.5. The zero-order chi connectivity index (χ0) is 31.6. The summed E-state index contributed by atoms with van der Waals surface area (Å²) in [5, 5.41) is 9.95. The first kappa shape index (κ1) is 33.8. The summed E-state index contributed by atoms with van der Waals surface area (Å²) < 4.78 is 1.64. The van der Waals surface area contributed by atoms with E-state index in [-0.39, 0.29) is 36.5 Å². The molecule has 2 aliphatic heterocycles. The Morgan fingerprint density at radius 2 is 1.73 bits per heavy atom. The number of benzene rings is 1. The van der Waals surface area contributed by atoms with Crippen LogP contribution in [0.25, 0.3) is 10.9 Å². The maximum atomic E-state index is 14.0. The normalized spacial score (nSPS) is 24.7. The van der Waals surface area contributed by atoms with E-state index in [1.165, 1.54) is 0 Å². The number of ketones is 1. The van der Waals surface area contributed by atoms with Crippen molar-refractivity contribution in [2.24, 2.45) is 5.92 Å². The molecule has 2 aliphatic rings. The van der Waals surface area contributed by atoms with E-state index in [0.717, 1.165) is 54.3 Å². The Balaban J connectivity index is 1.69. The Labute approximate surface area is 265 Å². The van der Waals surface area contributed by atoms with Crippen LogP contribution in [-0.2, 0) is 25.6 Å². The van der Waals surface area contributed by atoms with Crippen molar-refractivity contribution in [1.82, 2.24) is 25.6 Å². The van der Waals surface area contributed by atoms with E-state index in [0.29, 0.717) is 25.8 Å². The number of unbranched alkanes of at least 4 members (excludes halogenated alkanes) is 2. The predicted molar refractivity (Wildman–Crippen MR) is 174 cm³/mol. The molecule has 242 valence electrons. The quantitative estimate of drug-likeness (QED) is 0.328. The second kappa shape index (κ2) is 16.3. The Morgan fingerprint density at radius 3 is 2.48 bits per heavy atom. The van der Waals surface area contributed by atoms with Crippen LogP contribution in [0.5, 0.6) is 0 Å². The summed E-state index contributed by atoms with van der Waals surface area (Å²) in [5.74, 6) is -0.201. The van der Waals surface area contributed by atoms with Gasteiger partial charge in [-0.15, -0.1) is 0 Å². The van der Waals surface area contributed by atoms with Crippen LogP contribution in [0.3, 0.4) is 0 Å². The number of thioether (sulfide) groups is 1. The molecule has 0 aliphatic carbocycles. The van der Waals surface area contributed by atoms with Gasteiger partial charge in [0.25, 0.3) is 0 Å². The number of carbonyl (C=O) groups is 4. The molecule has 2 saturated heterocycles. The first-order valence-corrected chi connectivity index (χ1v) is 17.5. The van der Waals surface area contributed by atoms with Gasteiger partial charge < -0.3 is 20.8 Å². The van der Waals surface area contributed by atoms with E-state index < -0.39 is 30.1 Å². The summed E-state index contributed by atoms with van der Waals surface area (Å²) in [4.78, 5) is 62.9. The average molecular weight is 628 g/mol. The van der Waals surface area contributed by atoms with Gasteiger partial charge in [0, 0.05) is 18.0 Å². The molecule has 0 unspecified atom stereocenters. The second-order valence-corrected chi connectivity index (χ2v) is 13.2. The molecule has 0 spiro atoms. The summed E-state index contributed by atoms with van der Waals surface area (Å²) in [6.45, 7) is 4.65. The topological polar surface area (TPSA) is 122 Å². The smallest absolute Gasteiger partial charge is 0.243 e. The number of para-hydroxylation sites is 1. The minimum absolute atomic E-state index is 0.0834. The number of fused-ring (bicyclic) bond motifs is 2. The van der Waals surface area contributed by atoms with Crippen molar-refractivity contribution in [3.63, 3.8) is 0 Å². The summed E-state index contributed by atoms with van der Waals surface area (Å²) in [7, 11) is 1.58. The molecule has 10 nitrogen and oxygen atoms in total. The Bertz CT molecular complexity index is 1300. The van der Waals surface area contributed by atoms with E-state index in [1.54, 1.807) is 23.6 Å². The number of carbonyl (C=O) groups excluding carboxylic acids is 4. The summed E-state index contributed by atoms with van der Waals surface area (Å²) in [6.07, 6.45) is 10.4. The molecular weight excluding hydrogens is 578 g/mol. The monoisotopic (exact) mass is 627 g/mol. The third kappa shape index (κ3) is 8.35. The highest BCUT2D eigenvalue weighted by atomic mass is 32.2. The molecule has 0 bridgehead atoms. The molecule has 2 aromatic rings. The number of hydrogen-bond acceptors (Lipinski definition) is 7. The minimum atomic E-state index is -0.961. The Hall–Kier alpha value is -3.05. The zero-order valence-electron chi connectivity index (χ0n) is 26.6. The van der Waals surface area contributed by atoms with Crippen LogP contribution in [0.15, 0.2) is 30.5 Å². The lowest BCUT2D eigenvalue weighted by molar-refractivity contribution is -0.134. The van der Waals surface area contributed by atoms with Crippen LogP contribution in [0.1, 0.15) is 70.8 Å². The third-order valence-corrected chi connectivity index (χ3v) is 9.82. The lowest BCUT2D eigenvalue weighted by Crippen LogP contribution is -2.57. The van der Waals surface area contributed by atoms with Gasteiger partial charge in [-0.1, -0.05) is 57.7 Å². The highest BCUT2D eigenvalue weighted by Gasteiger charge is 2.37. The molecule has 3 N–H and O–H groups in total. The van der Waals surface area contributed by atoms with E-state index in [2.05, 4.69) is 22.2 Å². The van der Waals surface area contributed by atoms with Crippen molar-refractivity contribution in [3.05, 3.63) is 36.0 Å². The minimum Gasteiger partial charge on any atom is -0.417 e. The van der Waals surface area contributed by atoms with E-state index in [9.17, 15) is 19.2 Å². The molecule has 0 radical (unpaired) electrons. The van der Waals surface area contributed by atoms with Crippen molar-refractivity contribution in [1.29, 1.82) is 0 Å². The fraction of sp³-hybridized carbons (Fsp3) is 0.636. The summed E-state index contributed by atoms with van der Waals surface area (Å²) in [5.41, 5.74) is 1.68. The Morgan fingerprint density at radius 1 is 0.977 bits per heavy atom. The van der Waals surface area contributed by atoms with Crippen LogP contribution in [-0.4, -0.2) is 89.5 Å².